The van der Waals surface area contributed by atoms with Gasteiger partial charge in [0.05, 0.1) is 43.7 Å². The summed E-state index contributed by atoms with van der Waals surface area (Å²) < 4.78 is 45.8. The second kappa shape index (κ2) is 14.5. The van der Waals surface area contributed by atoms with Crippen molar-refractivity contribution >= 4 is 44.5 Å². The first-order valence-corrected chi connectivity index (χ1v) is 15.4. The molecule has 4 aromatic rings. The number of hydrogen-bond donors (Lipinski definition) is 1. The molecule has 0 saturated carbocycles. The number of nitrogens with zero attached hydrogens (tertiary/aromatic N) is 1. The predicted octanol–water partition coefficient (Wildman–Crippen LogP) is 3.89. The van der Waals surface area contributed by atoms with Crippen LogP contribution in [0.3, 0.4) is 0 Å². The van der Waals surface area contributed by atoms with Crippen LogP contribution in [-0.4, -0.2) is 95.1 Å². The smallest absolute Gasteiger partial charge is 0.344 e. The van der Waals surface area contributed by atoms with Crippen molar-refractivity contribution in [3.8, 4) is 17.2 Å². The number of methoxy groups -OCH3 is 3. The van der Waals surface area contributed by atoms with Crippen molar-refractivity contribution < 1.29 is 52.3 Å². The van der Waals surface area contributed by atoms with E-state index in [0.29, 0.717) is 51.6 Å². The van der Waals surface area contributed by atoms with Gasteiger partial charge in [-0.25, -0.2) is 4.79 Å². The van der Waals surface area contributed by atoms with Crippen molar-refractivity contribution in [2.45, 2.75) is 57.6 Å². The highest BCUT2D eigenvalue weighted by molar-refractivity contribution is 6.19. The van der Waals surface area contributed by atoms with Gasteiger partial charge in [-0.3, -0.25) is 9.59 Å². The van der Waals surface area contributed by atoms with Gasteiger partial charge in [-0.1, -0.05) is 6.07 Å². The number of likely N-dealkylation sites (N-methyl/N-ethyl adjacent to an activating group) is 1. The van der Waals surface area contributed by atoms with E-state index in [2.05, 4.69) is 0 Å². The van der Waals surface area contributed by atoms with E-state index in [1.54, 1.807) is 50.2 Å². The Morgan fingerprint density at radius 1 is 0.917 bits per heavy atom. The highest BCUT2D eigenvalue weighted by Crippen LogP contribution is 2.48. The molecular formula is C35H41NO12. The van der Waals surface area contributed by atoms with Gasteiger partial charge in [-0.2, -0.15) is 0 Å². The number of esters is 2. The molecule has 1 saturated heterocycles. The topological polar surface area (TPSA) is 152 Å². The number of aliphatic hydroxyl groups excluding tert-OH is 1. The van der Waals surface area contributed by atoms with Gasteiger partial charge in [-0.05, 0) is 62.8 Å². The van der Waals surface area contributed by atoms with E-state index in [4.69, 9.17) is 37.6 Å². The predicted molar refractivity (Wildman–Crippen MR) is 176 cm³/mol. The number of benzene rings is 3. The number of carbonyl (C=O) groups is 2. The maximum atomic E-state index is 13.8. The Morgan fingerprint density at radius 3 is 2.25 bits per heavy atom. The molecule has 13 nitrogen and oxygen atoms in total. The molecule has 2 heterocycles. The summed E-state index contributed by atoms with van der Waals surface area (Å²) in [7, 11) is 8.07. The lowest BCUT2D eigenvalue weighted by molar-refractivity contribution is -0.212. The molecule has 1 aliphatic heterocycles. The molecule has 5 rings (SSSR count). The first kappa shape index (κ1) is 35.0. The van der Waals surface area contributed by atoms with Gasteiger partial charge >= 0.3 is 17.6 Å². The second-order valence-electron chi connectivity index (χ2n) is 11.9. The van der Waals surface area contributed by atoms with Crippen LogP contribution in [0.25, 0.3) is 32.5 Å². The van der Waals surface area contributed by atoms with Crippen molar-refractivity contribution in [2.75, 3.05) is 48.8 Å². The summed E-state index contributed by atoms with van der Waals surface area (Å²) in [5, 5.41) is 13.8. The van der Waals surface area contributed by atoms with Crippen molar-refractivity contribution in [3.63, 3.8) is 0 Å². The fourth-order valence-electron chi connectivity index (χ4n) is 6.57. The number of aliphatic hydroxyl groups is 1. The average molecular weight is 668 g/mol. The van der Waals surface area contributed by atoms with Crippen molar-refractivity contribution in [2.24, 2.45) is 0 Å². The van der Waals surface area contributed by atoms with Crippen molar-refractivity contribution in [3.05, 3.63) is 51.9 Å². The third kappa shape index (κ3) is 6.56. The number of hydrogen-bond acceptors (Lipinski definition) is 13. The van der Waals surface area contributed by atoms with Crippen LogP contribution < -0.4 is 19.8 Å². The molecule has 0 unspecified atom stereocenters. The lowest BCUT2D eigenvalue weighted by Crippen LogP contribution is -2.60. The minimum atomic E-state index is -1.21. The zero-order valence-electron chi connectivity index (χ0n) is 28.3. The van der Waals surface area contributed by atoms with Gasteiger partial charge in [0.1, 0.15) is 47.9 Å². The summed E-state index contributed by atoms with van der Waals surface area (Å²) in [6.07, 6.45) is -3.15. The van der Waals surface area contributed by atoms with E-state index in [9.17, 15) is 19.5 Å². The summed E-state index contributed by atoms with van der Waals surface area (Å²) in [6.45, 7) is 4.83. The van der Waals surface area contributed by atoms with Crippen LogP contribution in [0, 0.1) is 0 Å². The third-order valence-electron chi connectivity index (χ3n) is 8.49. The summed E-state index contributed by atoms with van der Waals surface area (Å²) in [5.74, 6) is -0.195. The van der Waals surface area contributed by atoms with Crippen LogP contribution >= 0.6 is 0 Å². The molecule has 0 aliphatic carbocycles. The lowest BCUT2D eigenvalue weighted by atomic mass is 9.86. The van der Waals surface area contributed by atoms with Crippen LogP contribution in [0.1, 0.15) is 38.0 Å². The molecule has 0 radical (unpaired) electrons. The molecule has 0 spiro atoms. The Hall–Kier alpha value is -4.27. The Kier molecular flexibility index (Phi) is 10.6. The van der Waals surface area contributed by atoms with Crippen molar-refractivity contribution in [1.29, 1.82) is 0 Å². The minimum Gasteiger partial charge on any atom is -0.496 e. The summed E-state index contributed by atoms with van der Waals surface area (Å²) >= 11 is 0. The molecule has 13 heteroatoms. The van der Waals surface area contributed by atoms with E-state index in [-0.39, 0.29) is 23.5 Å². The summed E-state index contributed by atoms with van der Waals surface area (Å²) in [4.78, 5) is 39.8. The zero-order chi connectivity index (χ0) is 34.9. The van der Waals surface area contributed by atoms with Gasteiger partial charge in [0.25, 0.3) is 0 Å². The largest absolute Gasteiger partial charge is 0.496 e. The Morgan fingerprint density at radius 2 is 1.62 bits per heavy atom. The Labute approximate surface area is 277 Å². The van der Waals surface area contributed by atoms with Gasteiger partial charge in [0.2, 0.25) is 0 Å². The molecule has 3 aromatic carbocycles. The highest BCUT2D eigenvalue weighted by Gasteiger charge is 2.47. The van der Waals surface area contributed by atoms with E-state index < -0.39 is 48.0 Å². The van der Waals surface area contributed by atoms with E-state index >= 15 is 0 Å². The molecule has 1 aliphatic rings. The normalized spacial score (nSPS) is 21.2. The molecule has 0 bridgehead atoms. The first-order chi connectivity index (χ1) is 22.9. The molecule has 258 valence electrons. The van der Waals surface area contributed by atoms with Gasteiger partial charge < -0.3 is 47.6 Å². The first-order valence-electron chi connectivity index (χ1n) is 15.4. The van der Waals surface area contributed by atoms with Crippen LogP contribution in [-0.2, 0) is 35.0 Å². The molecule has 1 N–H and O–H groups in total. The standard InChI is InChI=1S/C35H41NO12/c1-17-32(47-19(3)38)30(36(4)5)31(39)34(45-17)21-9-10-24(46-18(2)37)29-26(43-8)15-22-27-23(35(40)48-33(22)28(21)29)13-20(14-25(27)42-7)11-12-44-16-41-6/h9-10,13-15,17,30-32,34,39H,11-12,16H2,1-8H3/t17-,30-,31-,32+,34+/m0/s1. The second-order valence-corrected chi connectivity index (χ2v) is 11.9. The molecular weight excluding hydrogens is 626 g/mol. The fourth-order valence-corrected chi connectivity index (χ4v) is 6.57. The number of ether oxygens (including phenoxy) is 7. The van der Waals surface area contributed by atoms with Crippen LogP contribution in [0.4, 0.5) is 0 Å². The number of rotatable bonds is 11. The lowest BCUT2D eigenvalue weighted by Gasteiger charge is -2.46. The van der Waals surface area contributed by atoms with Gasteiger partial charge in [-0.15, -0.1) is 0 Å². The number of carbonyl (C=O) groups excluding carboxylic acids is 2. The third-order valence-corrected chi connectivity index (χ3v) is 8.49. The van der Waals surface area contributed by atoms with Crippen LogP contribution in [0.5, 0.6) is 17.2 Å². The minimum absolute atomic E-state index is 0.139. The highest BCUT2D eigenvalue weighted by atomic mass is 16.7. The monoisotopic (exact) mass is 667 g/mol. The van der Waals surface area contributed by atoms with Crippen LogP contribution in [0.15, 0.2) is 39.5 Å². The van der Waals surface area contributed by atoms with E-state index in [1.165, 1.54) is 35.2 Å². The van der Waals surface area contributed by atoms with E-state index in [0.717, 1.165) is 5.56 Å². The average Bonchev–Trinajstić information content (AvgIpc) is 3.03. The fraction of sp³-hybridized carbons (Fsp3) is 0.457. The summed E-state index contributed by atoms with van der Waals surface area (Å²) in [5.41, 5.74) is 0.738. The van der Waals surface area contributed by atoms with Crippen molar-refractivity contribution in [1.82, 2.24) is 4.90 Å². The summed E-state index contributed by atoms with van der Waals surface area (Å²) in [6, 6.07) is 7.83. The zero-order valence-corrected chi connectivity index (χ0v) is 28.3. The molecule has 0 amide bonds. The Bertz CT molecular complexity index is 1900. The molecule has 1 fully saturated rings. The maximum Gasteiger partial charge on any atom is 0.344 e. The van der Waals surface area contributed by atoms with Gasteiger partial charge in [0.15, 0.2) is 0 Å². The quantitative estimate of drug-likeness (QED) is 0.0615. The Balaban J connectivity index is 1.83. The molecule has 48 heavy (non-hydrogen) atoms. The SMILES string of the molecule is COCOCCc1cc(OC)c2c(c1)c(=O)oc1c2cc(OC)c2c(OC(C)=O)ccc([C@H]3O[C@@H](C)[C@@H](OC(C)=O)[C@@H](N(C)C)[C@@H]3O)c21. The van der Waals surface area contributed by atoms with Gasteiger partial charge in [0, 0.05) is 37.1 Å². The maximum absolute atomic E-state index is 13.8. The molecule has 1 aromatic heterocycles. The number of fused-ring (bicyclic) bond motifs is 5. The van der Waals surface area contributed by atoms with Crippen LogP contribution in [0.2, 0.25) is 0 Å². The van der Waals surface area contributed by atoms with E-state index in [1.807, 2.05) is 6.07 Å². The molecule has 5 atom stereocenters.